The van der Waals surface area contributed by atoms with Crippen LogP contribution in [0.15, 0.2) is 18.2 Å². The molecule has 1 fully saturated rings. The number of hydrogen-bond donors (Lipinski definition) is 2. The van der Waals surface area contributed by atoms with Crippen molar-refractivity contribution in [2.75, 3.05) is 22.6 Å². The van der Waals surface area contributed by atoms with Crippen LogP contribution in [0.3, 0.4) is 0 Å². The van der Waals surface area contributed by atoms with Crippen LogP contribution in [-0.2, 0) is 9.84 Å². The van der Waals surface area contributed by atoms with Gasteiger partial charge in [0.1, 0.15) is 0 Å². The molecule has 0 aromatic heterocycles. The minimum atomic E-state index is -2.88. The van der Waals surface area contributed by atoms with Crippen LogP contribution in [0.4, 0.5) is 11.4 Å². The third kappa shape index (κ3) is 3.12. The predicted octanol–water partition coefficient (Wildman–Crippen LogP) is 1.57. The Morgan fingerprint density at radius 2 is 2.18 bits per heavy atom. The number of nitrogens with one attached hydrogen (secondary N) is 1. The van der Waals surface area contributed by atoms with E-state index in [9.17, 15) is 8.42 Å². The molecule has 1 saturated heterocycles. The maximum absolute atomic E-state index is 11.5. The summed E-state index contributed by atoms with van der Waals surface area (Å²) in [4.78, 5) is 0. The van der Waals surface area contributed by atoms with E-state index in [0.29, 0.717) is 11.4 Å². The quantitative estimate of drug-likeness (QED) is 0.786. The summed E-state index contributed by atoms with van der Waals surface area (Å²) in [6, 6.07) is 5.75. The molecule has 5 heteroatoms. The highest BCUT2D eigenvalue weighted by molar-refractivity contribution is 7.91. The predicted molar refractivity (Wildman–Crippen MR) is 70.9 cm³/mol. The van der Waals surface area contributed by atoms with E-state index in [2.05, 4.69) is 5.32 Å². The van der Waals surface area contributed by atoms with E-state index in [4.69, 9.17) is 5.73 Å². The first-order valence-corrected chi connectivity index (χ1v) is 7.61. The fourth-order valence-electron chi connectivity index (χ4n) is 2.17. The topological polar surface area (TPSA) is 72.2 Å². The van der Waals surface area contributed by atoms with Gasteiger partial charge in [-0.3, -0.25) is 0 Å². The fourth-order valence-corrected chi connectivity index (χ4v) is 3.81. The third-order valence-corrected chi connectivity index (χ3v) is 4.85. The van der Waals surface area contributed by atoms with Gasteiger partial charge in [-0.1, -0.05) is 6.07 Å². The van der Waals surface area contributed by atoms with Gasteiger partial charge in [-0.15, -0.1) is 0 Å². The Hall–Kier alpha value is -1.23. The summed E-state index contributed by atoms with van der Waals surface area (Å²) in [5.74, 6) is 0.523. The Morgan fingerprint density at radius 1 is 1.41 bits per heavy atom. The van der Waals surface area contributed by atoms with Crippen LogP contribution in [-0.4, -0.2) is 26.0 Å². The molecule has 0 spiro atoms. The van der Waals surface area contributed by atoms with E-state index in [0.717, 1.165) is 24.1 Å². The first-order chi connectivity index (χ1) is 7.96. The largest absolute Gasteiger partial charge is 0.397 e. The van der Waals surface area contributed by atoms with Crippen LogP contribution in [0.25, 0.3) is 0 Å². The normalized spacial score (nSPS) is 23.2. The molecule has 1 aliphatic heterocycles. The molecule has 4 nitrogen and oxygen atoms in total. The second-order valence-corrected chi connectivity index (χ2v) is 6.92. The van der Waals surface area contributed by atoms with Crippen LogP contribution in [0.2, 0.25) is 0 Å². The summed E-state index contributed by atoms with van der Waals surface area (Å²) in [6.07, 6.45) is 1.61. The standard InChI is InChI=1S/C12H18N2O2S/c1-9-4-5-12(11(13)7-9)14-10-3-2-6-17(15,16)8-10/h4-5,7,10,14H,2-3,6,8,13H2,1H3. The average Bonchev–Trinajstić information content (AvgIpc) is 2.21. The number of rotatable bonds is 2. The summed E-state index contributed by atoms with van der Waals surface area (Å²) in [5, 5.41) is 3.23. The molecule has 94 valence electrons. The molecule has 0 radical (unpaired) electrons. The number of anilines is 2. The molecule has 1 aromatic carbocycles. The molecule has 1 unspecified atom stereocenters. The van der Waals surface area contributed by atoms with E-state index in [1.807, 2.05) is 25.1 Å². The Kier molecular flexibility index (Phi) is 3.28. The molecule has 3 N–H and O–H groups in total. The molecule has 0 aliphatic carbocycles. The smallest absolute Gasteiger partial charge is 0.152 e. The number of nitrogens with two attached hydrogens (primary N) is 1. The fraction of sp³-hybridized carbons (Fsp3) is 0.500. The van der Waals surface area contributed by atoms with Crippen molar-refractivity contribution in [2.45, 2.75) is 25.8 Å². The Bertz CT molecular complexity index is 511. The van der Waals surface area contributed by atoms with E-state index in [-0.39, 0.29) is 11.8 Å². The van der Waals surface area contributed by atoms with E-state index >= 15 is 0 Å². The molecule has 1 atom stereocenters. The monoisotopic (exact) mass is 254 g/mol. The van der Waals surface area contributed by atoms with Crippen molar-refractivity contribution in [3.05, 3.63) is 23.8 Å². The lowest BCUT2D eigenvalue weighted by Gasteiger charge is -2.24. The van der Waals surface area contributed by atoms with Crippen molar-refractivity contribution in [1.29, 1.82) is 0 Å². The molecule has 2 rings (SSSR count). The number of hydrogen-bond acceptors (Lipinski definition) is 4. The van der Waals surface area contributed by atoms with E-state index in [1.54, 1.807) is 0 Å². The van der Waals surface area contributed by atoms with Crippen molar-refractivity contribution in [2.24, 2.45) is 0 Å². The molecule has 1 aliphatic rings. The SMILES string of the molecule is Cc1ccc(NC2CCCS(=O)(=O)C2)c(N)c1. The van der Waals surface area contributed by atoms with Gasteiger partial charge in [0.2, 0.25) is 0 Å². The van der Waals surface area contributed by atoms with Crippen LogP contribution in [0.5, 0.6) is 0 Å². The van der Waals surface area contributed by atoms with Gasteiger partial charge in [0.15, 0.2) is 9.84 Å². The lowest BCUT2D eigenvalue weighted by atomic mass is 10.1. The Labute approximate surface area is 102 Å². The van der Waals surface area contributed by atoms with Crippen molar-refractivity contribution in [3.63, 3.8) is 0 Å². The highest BCUT2D eigenvalue weighted by Gasteiger charge is 2.24. The Balaban J connectivity index is 2.10. The van der Waals surface area contributed by atoms with Crippen molar-refractivity contribution >= 4 is 21.2 Å². The maximum Gasteiger partial charge on any atom is 0.152 e. The zero-order valence-electron chi connectivity index (χ0n) is 9.94. The molecule has 17 heavy (non-hydrogen) atoms. The summed E-state index contributed by atoms with van der Waals surface area (Å²) in [6.45, 7) is 1.98. The second-order valence-electron chi connectivity index (χ2n) is 4.69. The number of nitrogen functional groups attached to an aromatic ring is 1. The van der Waals surface area contributed by atoms with Crippen molar-refractivity contribution in [3.8, 4) is 0 Å². The van der Waals surface area contributed by atoms with Crippen LogP contribution < -0.4 is 11.1 Å². The molecular weight excluding hydrogens is 236 g/mol. The van der Waals surface area contributed by atoms with Crippen molar-refractivity contribution in [1.82, 2.24) is 0 Å². The van der Waals surface area contributed by atoms with Gasteiger partial charge < -0.3 is 11.1 Å². The Morgan fingerprint density at radius 3 is 2.82 bits per heavy atom. The average molecular weight is 254 g/mol. The van der Waals surface area contributed by atoms with Gasteiger partial charge in [-0.05, 0) is 37.5 Å². The van der Waals surface area contributed by atoms with Gasteiger partial charge in [0.25, 0.3) is 0 Å². The number of sulfone groups is 1. The first kappa shape index (κ1) is 12.2. The summed E-state index contributed by atoms with van der Waals surface area (Å²) >= 11 is 0. The lowest BCUT2D eigenvalue weighted by molar-refractivity contribution is 0.562. The third-order valence-electron chi connectivity index (χ3n) is 3.03. The van der Waals surface area contributed by atoms with E-state index in [1.165, 1.54) is 0 Å². The molecule has 0 amide bonds. The highest BCUT2D eigenvalue weighted by Crippen LogP contribution is 2.23. The summed E-state index contributed by atoms with van der Waals surface area (Å²) in [5.41, 5.74) is 8.50. The zero-order chi connectivity index (χ0) is 12.5. The highest BCUT2D eigenvalue weighted by atomic mass is 32.2. The lowest BCUT2D eigenvalue weighted by Crippen LogP contribution is -2.35. The van der Waals surface area contributed by atoms with Crippen molar-refractivity contribution < 1.29 is 8.42 Å². The minimum absolute atomic E-state index is 0.0150. The summed E-state index contributed by atoms with van der Waals surface area (Å²) < 4.78 is 23.0. The molecule has 0 bridgehead atoms. The van der Waals surface area contributed by atoms with Crippen LogP contribution >= 0.6 is 0 Å². The van der Waals surface area contributed by atoms with Gasteiger partial charge >= 0.3 is 0 Å². The van der Waals surface area contributed by atoms with Gasteiger partial charge in [0.05, 0.1) is 22.9 Å². The molecule has 0 saturated carbocycles. The first-order valence-electron chi connectivity index (χ1n) is 5.79. The van der Waals surface area contributed by atoms with Crippen LogP contribution in [0.1, 0.15) is 18.4 Å². The van der Waals surface area contributed by atoms with Gasteiger partial charge in [0, 0.05) is 6.04 Å². The molecular formula is C12H18N2O2S. The number of benzene rings is 1. The second kappa shape index (κ2) is 4.56. The van der Waals surface area contributed by atoms with Gasteiger partial charge in [-0.2, -0.15) is 0 Å². The maximum atomic E-state index is 11.5. The number of aryl methyl sites for hydroxylation is 1. The zero-order valence-corrected chi connectivity index (χ0v) is 10.8. The van der Waals surface area contributed by atoms with Crippen LogP contribution in [0, 0.1) is 6.92 Å². The van der Waals surface area contributed by atoms with Gasteiger partial charge in [-0.25, -0.2) is 8.42 Å². The minimum Gasteiger partial charge on any atom is -0.397 e. The molecule has 1 aromatic rings. The summed E-state index contributed by atoms with van der Waals surface area (Å²) in [7, 11) is -2.88. The molecule has 1 heterocycles. The van der Waals surface area contributed by atoms with E-state index < -0.39 is 9.84 Å².